The van der Waals surface area contributed by atoms with Crippen LogP contribution in [0, 0.1) is 11.7 Å². The fourth-order valence-electron chi connectivity index (χ4n) is 4.42. The van der Waals surface area contributed by atoms with Gasteiger partial charge in [-0.1, -0.05) is 13.0 Å². The number of carbonyl (C=O) groups excluding carboxylic acids is 1. The first kappa shape index (κ1) is 24.9. The van der Waals surface area contributed by atoms with Crippen molar-refractivity contribution in [2.75, 3.05) is 5.32 Å². The normalized spacial score (nSPS) is 26.7. The van der Waals surface area contributed by atoms with Crippen LogP contribution in [-0.2, 0) is 9.53 Å². The Bertz CT molecular complexity index is 1140. The van der Waals surface area contributed by atoms with Gasteiger partial charge in [-0.25, -0.2) is 14.2 Å². The van der Waals surface area contributed by atoms with E-state index >= 15 is 0 Å². The number of carboxylic acids is 1. The molecule has 4 atom stereocenters. The Kier molecular flexibility index (Phi) is 6.48. The summed E-state index contributed by atoms with van der Waals surface area (Å²) in [6.45, 7) is 2.21. The first-order valence-corrected chi connectivity index (χ1v) is 11.1. The molecule has 2 fully saturated rings. The van der Waals surface area contributed by atoms with Gasteiger partial charge in [0, 0.05) is 35.3 Å². The first-order valence-electron chi connectivity index (χ1n) is 11.1. The molecule has 1 amide bonds. The van der Waals surface area contributed by atoms with Crippen molar-refractivity contribution in [3.63, 3.8) is 0 Å². The number of aromatic nitrogens is 1. The molecule has 0 unspecified atom stereocenters. The molecule has 35 heavy (non-hydrogen) atoms. The Morgan fingerprint density at radius 1 is 1.23 bits per heavy atom. The Morgan fingerprint density at radius 2 is 1.94 bits per heavy atom. The van der Waals surface area contributed by atoms with Crippen LogP contribution in [0.4, 0.5) is 23.2 Å². The molecule has 1 saturated heterocycles. The molecule has 2 heterocycles. The van der Waals surface area contributed by atoms with Gasteiger partial charge in [-0.3, -0.25) is 4.79 Å². The van der Waals surface area contributed by atoms with Gasteiger partial charge in [-0.2, -0.15) is 13.2 Å². The van der Waals surface area contributed by atoms with E-state index in [0.717, 1.165) is 50.6 Å². The number of benzene rings is 1. The molecule has 7 nitrogen and oxygen atoms in total. The molecule has 11 heteroatoms. The highest BCUT2D eigenvalue weighted by molar-refractivity contribution is 5.96. The van der Waals surface area contributed by atoms with Crippen molar-refractivity contribution in [3.8, 4) is 5.75 Å². The molecule has 0 radical (unpaired) electrons. The molecule has 1 aliphatic carbocycles. The third kappa shape index (κ3) is 4.69. The van der Waals surface area contributed by atoms with Crippen LogP contribution in [0.2, 0.25) is 0 Å². The highest BCUT2D eigenvalue weighted by Crippen LogP contribution is 2.55. The highest BCUT2D eigenvalue weighted by Gasteiger charge is 2.65. The monoisotopic (exact) mass is 496 g/mol. The highest BCUT2D eigenvalue weighted by atomic mass is 19.4. The van der Waals surface area contributed by atoms with Crippen molar-refractivity contribution in [3.05, 3.63) is 53.6 Å². The Hall–Kier alpha value is -3.21. The predicted molar refractivity (Wildman–Crippen MR) is 116 cm³/mol. The number of carbonyl (C=O) groups is 2. The van der Waals surface area contributed by atoms with Crippen LogP contribution in [0.3, 0.4) is 0 Å². The molecule has 1 saturated carbocycles. The number of hydrogen-bond acceptors (Lipinski definition) is 5. The van der Waals surface area contributed by atoms with Gasteiger partial charge in [0.15, 0.2) is 5.60 Å². The maximum absolute atomic E-state index is 14.1. The molecule has 0 bridgehead atoms. The molecule has 1 aromatic carbocycles. The van der Waals surface area contributed by atoms with Gasteiger partial charge in [0.1, 0.15) is 23.4 Å². The van der Waals surface area contributed by atoms with Crippen molar-refractivity contribution in [1.29, 1.82) is 0 Å². The Balaban J connectivity index is 1.72. The number of amides is 1. The maximum atomic E-state index is 14.1. The summed E-state index contributed by atoms with van der Waals surface area (Å²) in [6, 6.07) is 5.94. The third-order valence-electron chi connectivity index (χ3n) is 6.85. The van der Waals surface area contributed by atoms with E-state index < -0.39 is 47.4 Å². The summed E-state index contributed by atoms with van der Waals surface area (Å²) in [5, 5.41) is 11.6. The number of hydrogen-bond donors (Lipinski definition) is 2. The molecule has 1 aliphatic heterocycles. The molecule has 188 valence electrons. The zero-order valence-corrected chi connectivity index (χ0v) is 18.9. The smallest absolute Gasteiger partial charge is 0.417 e. The molecule has 4 rings (SSSR count). The zero-order chi connectivity index (χ0) is 25.5. The summed E-state index contributed by atoms with van der Waals surface area (Å²) < 4.78 is 67.7. The van der Waals surface area contributed by atoms with E-state index in [1.54, 1.807) is 0 Å². The van der Waals surface area contributed by atoms with Crippen LogP contribution >= 0.6 is 0 Å². The predicted octanol–water partition coefficient (Wildman–Crippen LogP) is 4.93. The third-order valence-corrected chi connectivity index (χ3v) is 6.85. The second kappa shape index (κ2) is 9.10. The van der Waals surface area contributed by atoms with Gasteiger partial charge in [-0.15, -0.1) is 0 Å². The van der Waals surface area contributed by atoms with E-state index in [9.17, 15) is 27.2 Å². The standard InChI is InChI=1S/C24H24F4N2O5/c1-12-19(16-7-6-13(25)10-18(16)34-15-4-3-5-15)20(35-23(12,2)24(26,27)28)21(31)30-14-8-9-29-17(11-14)22(32)33/h6-12,15,19-20H,3-5H2,1-2H3,(H,32,33)(H,29,30,31)/t12-,19-,20+,23+/m0/s1. The van der Waals surface area contributed by atoms with E-state index in [1.165, 1.54) is 19.1 Å². The fourth-order valence-corrected chi connectivity index (χ4v) is 4.42. The summed E-state index contributed by atoms with van der Waals surface area (Å²) in [6.07, 6.45) is -3.04. The first-order chi connectivity index (χ1) is 16.4. The summed E-state index contributed by atoms with van der Waals surface area (Å²) in [7, 11) is 0. The van der Waals surface area contributed by atoms with E-state index in [0.29, 0.717) is 0 Å². The number of aromatic carboxylic acids is 1. The van der Waals surface area contributed by atoms with Gasteiger partial charge >= 0.3 is 12.1 Å². The zero-order valence-electron chi connectivity index (χ0n) is 18.9. The van der Waals surface area contributed by atoms with Crippen molar-refractivity contribution in [2.24, 2.45) is 5.92 Å². The number of nitrogens with one attached hydrogen (secondary N) is 1. The van der Waals surface area contributed by atoms with Gasteiger partial charge < -0.3 is 19.9 Å². The molecule has 2 N–H and O–H groups in total. The number of rotatable bonds is 6. The van der Waals surface area contributed by atoms with Crippen molar-refractivity contribution >= 4 is 17.6 Å². The topological polar surface area (TPSA) is 97.8 Å². The lowest BCUT2D eigenvalue weighted by molar-refractivity contribution is -0.272. The summed E-state index contributed by atoms with van der Waals surface area (Å²) in [5.74, 6) is -5.14. The van der Waals surface area contributed by atoms with E-state index in [4.69, 9.17) is 14.6 Å². The largest absolute Gasteiger partial charge is 0.490 e. The van der Waals surface area contributed by atoms with Crippen LogP contribution in [0.5, 0.6) is 5.75 Å². The minimum absolute atomic E-state index is 0.0306. The molecule has 2 aliphatic rings. The second-order valence-corrected chi connectivity index (χ2v) is 9.03. The molecule has 2 aromatic rings. The quantitative estimate of drug-likeness (QED) is 0.551. The average Bonchev–Trinajstić information content (AvgIpc) is 3.03. The Labute approximate surface area is 198 Å². The van der Waals surface area contributed by atoms with Crippen LogP contribution < -0.4 is 10.1 Å². The lowest BCUT2D eigenvalue weighted by Gasteiger charge is -2.32. The molecular weight excluding hydrogens is 472 g/mol. The molecular formula is C24H24F4N2O5. The van der Waals surface area contributed by atoms with Crippen molar-refractivity contribution in [2.45, 2.75) is 63.0 Å². The second-order valence-electron chi connectivity index (χ2n) is 9.03. The van der Waals surface area contributed by atoms with Gasteiger partial charge in [-0.05, 0) is 44.4 Å². The lowest BCUT2D eigenvalue weighted by atomic mass is 9.77. The minimum atomic E-state index is -4.80. The average molecular weight is 496 g/mol. The van der Waals surface area contributed by atoms with Crippen molar-refractivity contribution < 1.29 is 41.7 Å². The van der Waals surface area contributed by atoms with Crippen LogP contribution in [-0.4, -0.2) is 46.0 Å². The van der Waals surface area contributed by atoms with E-state index in [1.807, 2.05) is 0 Å². The van der Waals surface area contributed by atoms with Gasteiger partial charge in [0.25, 0.3) is 5.91 Å². The van der Waals surface area contributed by atoms with E-state index in [2.05, 4.69) is 10.3 Å². The summed E-state index contributed by atoms with van der Waals surface area (Å²) in [5.41, 5.74) is -2.76. The number of pyridine rings is 1. The number of ether oxygens (including phenoxy) is 2. The molecule has 1 aromatic heterocycles. The number of halogens is 4. The van der Waals surface area contributed by atoms with Crippen molar-refractivity contribution in [1.82, 2.24) is 4.98 Å². The number of carboxylic acid groups (broad SMARTS) is 1. The van der Waals surface area contributed by atoms with Gasteiger partial charge in [0.2, 0.25) is 0 Å². The summed E-state index contributed by atoms with van der Waals surface area (Å²) >= 11 is 0. The minimum Gasteiger partial charge on any atom is -0.490 e. The number of alkyl halides is 3. The van der Waals surface area contributed by atoms with Crippen LogP contribution in [0.15, 0.2) is 36.5 Å². The number of nitrogens with zero attached hydrogens (tertiary/aromatic N) is 1. The SMILES string of the molecule is C[C@H]1[C@@H](c2ccc(F)cc2OC2CCC2)[C@H](C(=O)Nc2ccnc(C(=O)O)c2)O[C@@]1(C)C(F)(F)F. The number of anilines is 1. The van der Waals surface area contributed by atoms with Crippen LogP contribution in [0.25, 0.3) is 0 Å². The fraction of sp³-hybridized carbons (Fsp3) is 0.458. The lowest BCUT2D eigenvalue weighted by Crippen LogP contribution is -2.47. The molecule has 0 spiro atoms. The Morgan fingerprint density at radius 3 is 2.54 bits per heavy atom. The maximum Gasteiger partial charge on any atom is 0.417 e. The van der Waals surface area contributed by atoms with E-state index in [-0.39, 0.29) is 28.8 Å². The van der Waals surface area contributed by atoms with Gasteiger partial charge in [0.05, 0.1) is 6.10 Å². The summed E-state index contributed by atoms with van der Waals surface area (Å²) in [4.78, 5) is 28.1. The van der Waals surface area contributed by atoms with Crippen LogP contribution in [0.1, 0.15) is 55.1 Å².